The van der Waals surface area contributed by atoms with Crippen LogP contribution in [0.5, 0.6) is 0 Å². The second-order valence-corrected chi connectivity index (χ2v) is 8.14. The van der Waals surface area contributed by atoms with E-state index in [4.69, 9.17) is 11.6 Å². The van der Waals surface area contributed by atoms with E-state index in [9.17, 15) is 8.42 Å². The Morgan fingerprint density at radius 3 is 2.59 bits per heavy atom. The predicted octanol–water partition coefficient (Wildman–Crippen LogP) is 3.38. The first-order valence-corrected chi connectivity index (χ1v) is 9.43. The van der Waals surface area contributed by atoms with Gasteiger partial charge in [0.05, 0.1) is 11.1 Å². The maximum Gasteiger partial charge on any atom is 0.244 e. The van der Waals surface area contributed by atoms with E-state index in [2.05, 4.69) is 9.97 Å². The molecule has 1 aromatic carbocycles. The zero-order valence-electron chi connectivity index (χ0n) is 11.5. The van der Waals surface area contributed by atoms with Crippen molar-refractivity contribution in [1.29, 1.82) is 0 Å². The molecular weight excluding hydrogens is 437 g/mol. The third kappa shape index (κ3) is 2.84. The van der Waals surface area contributed by atoms with Crippen LogP contribution in [-0.2, 0) is 15.8 Å². The summed E-state index contributed by atoms with van der Waals surface area (Å²) in [6.07, 6.45) is 1.53. The summed E-state index contributed by atoms with van der Waals surface area (Å²) in [5.41, 5.74) is 1.04. The van der Waals surface area contributed by atoms with Crippen LogP contribution in [0.3, 0.4) is 0 Å². The van der Waals surface area contributed by atoms with Crippen LogP contribution < -0.4 is 0 Å². The quantitative estimate of drug-likeness (QED) is 0.456. The highest BCUT2D eigenvalue weighted by Crippen LogP contribution is 2.29. The summed E-state index contributed by atoms with van der Waals surface area (Å²) in [7, 11) is -3.59. The third-order valence-electron chi connectivity index (χ3n) is 3.13. The lowest BCUT2D eigenvalue weighted by Gasteiger charge is -2.07. The maximum atomic E-state index is 12.7. The molecule has 0 radical (unpaired) electrons. The molecule has 5 nitrogen and oxygen atoms in total. The zero-order chi connectivity index (χ0) is 15.9. The lowest BCUT2D eigenvalue weighted by molar-refractivity contribution is 0.588. The number of fused-ring (bicyclic) bond motifs is 1. The van der Waals surface area contributed by atoms with Crippen molar-refractivity contribution >= 4 is 55.2 Å². The molecule has 0 saturated heterocycles. The summed E-state index contributed by atoms with van der Waals surface area (Å²) in [5.74, 6) is 0.331. The summed E-state index contributed by atoms with van der Waals surface area (Å²) in [6, 6.07) is 9.03. The van der Waals surface area contributed by atoms with Crippen LogP contribution in [0, 0.1) is 10.5 Å². The van der Waals surface area contributed by atoms with Gasteiger partial charge in [0.25, 0.3) is 0 Å². The van der Waals surface area contributed by atoms with Crippen LogP contribution in [0.15, 0.2) is 36.5 Å². The van der Waals surface area contributed by atoms with Crippen LogP contribution in [0.2, 0.25) is 5.15 Å². The lowest BCUT2D eigenvalue weighted by atomic mass is 10.2. The largest absolute Gasteiger partial charge is 0.244 e. The molecule has 8 heteroatoms. The molecule has 0 bridgehead atoms. The molecule has 22 heavy (non-hydrogen) atoms. The van der Waals surface area contributed by atoms with Gasteiger partial charge in [0.2, 0.25) is 10.0 Å². The standard InChI is InChI=1S/C14H11ClIN3O2S/c1-9-17-13(15)12-11(16)7-19(14(12)18-9)22(20,21)8-10-5-3-2-4-6-10/h2-7H,8H2,1H3. The summed E-state index contributed by atoms with van der Waals surface area (Å²) in [6.45, 7) is 1.68. The lowest BCUT2D eigenvalue weighted by Crippen LogP contribution is -2.15. The van der Waals surface area contributed by atoms with Crippen LogP contribution in [0.1, 0.15) is 11.4 Å². The molecule has 0 amide bonds. The smallest absolute Gasteiger partial charge is 0.226 e. The number of nitrogens with zero attached hydrogens (tertiary/aromatic N) is 3. The van der Waals surface area contributed by atoms with E-state index in [-0.39, 0.29) is 10.9 Å². The van der Waals surface area contributed by atoms with Gasteiger partial charge in [-0.15, -0.1) is 0 Å². The van der Waals surface area contributed by atoms with Gasteiger partial charge in [-0.2, -0.15) is 0 Å². The minimum Gasteiger partial charge on any atom is -0.226 e. The Balaban J connectivity index is 2.17. The number of rotatable bonds is 3. The fourth-order valence-corrected chi connectivity index (χ4v) is 5.03. The van der Waals surface area contributed by atoms with Crippen molar-refractivity contribution in [2.45, 2.75) is 12.7 Å². The van der Waals surface area contributed by atoms with Gasteiger partial charge in [-0.05, 0) is 35.1 Å². The first-order valence-electron chi connectivity index (χ1n) is 6.36. The fraction of sp³-hybridized carbons (Fsp3) is 0.143. The van der Waals surface area contributed by atoms with E-state index in [0.29, 0.717) is 20.4 Å². The Morgan fingerprint density at radius 1 is 1.23 bits per heavy atom. The summed E-state index contributed by atoms with van der Waals surface area (Å²) < 4.78 is 27.3. The first kappa shape index (κ1) is 15.7. The average molecular weight is 448 g/mol. The van der Waals surface area contributed by atoms with Crippen molar-refractivity contribution < 1.29 is 8.42 Å². The minimum atomic E-state index is -3.59. The van der Waals surface area contributed by atoms with Crippen LogP contribution in [-0.4, -0.2) is 22.4 Å². The highest BCUT2D eigenvalue weighted by atomic mass is 127. The Kier molecular flexibility index (Phi) is 4.13. The van der Waals surface area contributed by atoms with Gasteiger partial charge in [-0.1, -0.05) is 41.9 Å². The molecule has 0 saturated carbocycles. The van der Waals surface area contributed by atoms with E-state index in [0.717, 1.165) is 5.56 Å². The number of halogens is 2. The van der Waals surface area contributed by atoms with E-state index >= 15 is 0 Å². The van der Waals surface area contributed by atoms with Gasteiger partial charge in [0.1, 0.15) is 11.0 Å². The molecule has 0 aliphatic heterocycles. The van der Waals surface area contributed by atoms with Gasteiger partial charge < -0.3 is 0 Å². The van der Waals surface area contributed by atoms with Gasteiger partial charge >= 0.3 is 0 Å². The molecule has 3 rings (SSSR count). The monoisotopic (exact) mass is 447 g/mol. The highest BCUT2D eigenvalue weighted by Gasteiger charge is 2.22. The molecule has 0 unspecified atom stereocenters. The molecular formula is C14H11ClIN3O2S. The Bertz CT molecular complexity index is 955. The summed E-state index contributed by atoms with van der Waals surface area (Å²) in [5, 5.41) is 0.824. The Morgan fingerprint density at radius 2 is 1.91 bits per heavy atom. The summed E-state index contributed by atoms with van der Waals surface area (Å²) >= 11 is 8.16. The van der Waals surface area contributed by atoms with Gasteiger partial charge in [0, 0.05) is 9.77 Å². The zero-order valence-corrected chi connectivity index (χ0v) is 15.2. The maximum absolute atomic E-state index is 12.7. The second-order valence-electron chi connectivity index (χ2n) is 4.77. The summed E-state index contributed by atoms with van der Waals surface area (Å²) in [4.78, 5) is 8.33. The molecule has 0 spiro atoms. The van der Waals surface area contributed by atoms with Crippen molar-refractivity contribution in [2.24, 2.45) is 0 Å². The van der Waals surface area contributed by atoms with E-state index < -0.39 is 10.0 Å². The highest BCUT2D eigenvalue weighted by molar-refractivity contribution is 14.1. The predicted molar refractivity (Wildman–Crippen MR) is 94.5 cm³/mol. The molecule has 0 aliphatic rings. The van der Waals surface area contributed by atoms with E-state index in [1.807, 2.05) is 40.8 Å². The van der Waals surface area contributed by atoms with E-state index in [1.54, 1.807) is 19.1 Å². The normalized spacial score (nSPS) is 12.0. The molecule has 0 N–H and O–H groups in total. The molecule has 3 aromatic rings. The van der Waals surface area contributed by atoms with Crippen LogP contribution in [0.25, 0.3) is 11.0 Å². The number of aryl methyl sites for hydroxylation is 1. The molecule has 0 aliphatic carbocycles. The molecule has 2 aromatic heterocycles. The number of aromatic nitrogens is 3. The average Bonchev–Trinajstić information content (AvgIpc) is 2.77. The second kappa shape index (κ2) is 5.78. The fourth-order valence-electron chi connectivity index (χ4n) is 2.18. The molecule has 2 heterocycles. The minimum absolute atomic E-state index is 0.103. The van der Waals surface area contributed by atoms with Crippen LogP contribution >= 0.6 is 34.2 Å². The number of hydrogen-bond acceptors (Lipinski definition) is 4. The number of benzene rings is 1. The van der Waals surface area contributed by atoms with Gasteiger partial charge in [-0.3, -0.25) is 0 Å². The van der Waals surface area contributed by atoms with Crippen molar-refractivity contribution in [3.63, 3.8) is 0 Å². The van der Waals surface area contributed by atoms with Crippen molar-refractivity contribution in [1.82, 2.24) is 13.9 Å². The van der Waals surface area contributed by atoms with E-state index in [1.165, 1.54) is 10.2 Å². The first-order chi connectivity index (χ1) is 10.4. The molecule has 114 valence electrons. The van der Waals surface area contributed by atoms with Crippen molar-refractivity contribution in [3.8, 4) is 0 Å². The third-order valence-corrected chi connectivity index (χ3v) is 5.79. The Labute approximate surface area is 146 Å². The topological polar surface area (TPSA) is 64.8 Å². The van der Waals surface area contributed by atoms with Crippen molar-refractivity contribution in [2.75, 3.05) is 0 Å². The van der Waals surface area contributed by atoms with Crippen molar-refractivity contribution in [3.05, 3.63) is 56.6 Å². The number of hydrogen-bond donors (Lipinski definition) is 0. The van der Waals surface area contributed by atoms with Crippen LogP contribution in [0.4, 0.5) is 0 Å². The SMILES string of the molecule is Cc1nc(Cl)c2c(I)cn(S(=O)(=O)Cc3ccccc3)c2n1. The Hall–Kier alpha value is -1.19. The van der Waals surface area contributed by atoms with Gasteiger partial charge in [0.15, 0.2) is 5.65 Å². The molecule has 0 fully saturated rings. The van der Waals surface area contributed by atoms with Gasteiger partial charge in [-0.25, -0.2) is 22.4 Å². The molecule has 0 atom stereocenters.